The molecule has 6 rings (SSSR count). The molecule has 9 nitrogen and oxygen atoms in total. The maximum absolute atomic E-state index is 11.5. The van der Waals surface area contributed by atoms with E-state index in [0.717, 1.165) is 61.9 Å². The number of pyridine rings is 2. The van der Waals surface area contributed by atoms with Gasteiger partial charge in [0, 0.05) is 11.1 Å². The Labute approximate surface area is 304 Å². The van der Waals surface area contributed by atoms with Gasteiger partial charge in [0.2, 0.25) is 0 Å². The zero-order chi connectivity index (χ0) is 37.4. The molecule has 4 N–H and O–H groups in total. The van der Waals surface area contributed by atoms with E-state index in [0.29, 0.717) is 11.4 Å². The topological polar surface area (TPSA) is 134 Å². The van der Waals surface area contributed by atoms with Crippen LogP contribution in [0.5, 0.6) is 5.75 Å². The van der Waals surface area contributed by atoms with Gasteiger partial charge in [-0.2, -0.15) is 0 Å². The molecule has 4 aromatic carbocycles. The van der Waals surface area contributed by atoms with Crippen LogP contribution in [0.25, 0.3) is 22.5 Å². The van der Waals surface area contributed by atoms with Gasteiger partial charge in [0.25, 0.3) is 0 Å². The third-order valence-corrected chi connectivity index (χ3v) is 8.23. The van der Waals surface area contributed by atoms with E-state index >= 15 is 0 Å². The zero-order valence-corrected chi connectivity index (χ0v) is 30.1. The monoisotopic (exact) mass is 694 g/mol. The molecule has 0 amide bonds. The maximum atomic E-state index is 11.5. The van der Waals surface area contributed by atoms with Crippen LogP contribution in [-0.4, -0.2) is 38.2 Å². The second-order valence-corrected chi connectivity index (χ2v) is 12.7. The van der Waals surface area contributed by atoms with Gasteiger partial charge >= 0.3 is 11.9 Å². The normalized spacial score (nSPS) is 10.6. The number of ether oxygens (including phenoxy) is 1. The van der Waals surface area contributed by atoms with Crippen molar-refractivity contribution in [3.63, 3.8) is 0 Å². The van der Waals surface area contributed by atoms with E-state index in [1.165, 1.54) is 0 Å². The molecule has 0 radical (unpaired) electrons. The number of anilines is 4. The molecule has 2 aromatic heterocycles. The average Bonchev–Trinajstić information content (AvgIpc) is 3.10. The third kappa shape index (κ3) is 9.00. The van der Waals surface area contributed by atoms with Crippen molar-refractivity contribution < 1.29 is 24.5 Å². The number of carboxylic acids is 2. The lowest BCUT2D eigenvalue weighted by atomic mass is 10.1. The number of benzene rings is 4. The molecule has 0 spiro atoms. The number of aromatic carboxylic acids is 2. The van der Waals surface area contributed by atoms with Gasteiger partial charge in [0.05, 0.1) is 63.8 Å². The van der Waals surface area contributed by atoms with Crippen molar-refractivity contribution in [2.24, 2.45) is 0 Å². The summed E-state index contributed by atoms with van der Waals surface area (Å²) in [6.07, 6.45) is 3.55. The van der Waals surface area contributed by atoms with Crippen molar-refractivity contribution in [3.05, 3.63) is 149 Å². The largest absolute Gasteiger partial charge is 0.491 e. The predicted molar refractivity (Wildman–Crippen MR) is 207 cm³/mol. The number of nitrogens with one attached hydrogen (secondary N) is 2. The van der Waals surface area contributed by atoms with Crippen LogP contribution in [0.15, 0.2) is 116 Å². The van der Waals surface area contributed by atoms with E-state index in [9.17, 15) is 19.8 Å². The van der Waals surface area contributed by atoms with E-state index in [1.807, 2.05) is 120 Å². The SMILES string of the molecule is Cc1cc(Nc2c(C)cccc2C(=O)O)cnc1-c1cccc(OC(C)C)c1.Cc1cc(Nc2c(C)cccc2C(=O)O)cnc1-c1ccccc1. The minimum Gasteiger partial charge on any atom is -0.491 e. The first kappa shape index (κ1) is 36.8. The lowest BCUT2D eigenvalue weighted by Gasteiger charge is -2.15. The highest BCUT2D eigenvalue weighted by Gasteiger charge is 2.15. The van der Waals surface area contributed by atoms with Gasteiger partial charge in [-0.3, -0.25) is 9.97 Å². The molecular weight excluding hydrogens is 652 g/mol. The summed E-state index contributed by atoms with van der Waals surface area (Å²) < 4.78 is 5.77. The minimum absolute atomic E-state index is 0.105. The summed E-state index contributed by atoms with van der Waals surface area (Å²) in [6, 6.07) is 32.2. The van der Waals surface area contributed by atoms with E-state index < -0.39 is 11.9 Å². The predicted octanol–water partition coefficient (Wildman–Crippen LogP) is 10.4. The van der Waals surface area contributed by atoms with Gasteiger partial charge in [-0.1, -0.05) is 66.7 Å². The van der Waals surface area contributed by atoms with E-state index in [2.05, 4.69) is 20.6 Å². The first-order valence-electron chi connectivity index (χ1n) is 16.9. The number of hydrogen-bond donors (Lipinski definition) is 4. The Kier molecular flexibility index (Phi) is 11.7. The van der Waals surface area contributed by atoms with Gasteiger partial charge in [0.1, 0.15) is 5.75 Å². The molecule has 52 heavy (non-hydrogen) atoms. The number of nitrogens with zero attached hydrogens (tertiary/aromatic N) is 2. The van der Waals surface area contributed by atoms with Crippen molar-refractivity contribution in [2.45, 2.75) is 47.6 Å². The molecule has 0 saturated heterocycles. The molecule has 6 aromatic rings. The summed E-state index contributed by atoms with van der Waals surface area (Å²) >= 11 is 0. The quantitative estimate of drug-likeness (QED) is 0.110. The molecule has 264 valence electrons. The summed E-state index contributed by atoms with van der Waals surface area (Å²) in [5.74, 6) is -1.11. The number of hydrogen-bond acceptors (Lipinski definition) is 7. The average molecular weight is 695 g/mol. The van der Waals surface area contributed by atoms with Crippen LogP contribution in [0, 0.1) is 27.7 Å². The van der Waals surface area contributed by atoms with Gasteiger partial charge in [-0.25, -0.2) is 9.59 Å². The second-order valence-electron chi connectivity index (χ2n) is 12.7. The molecule has 2 heterocycles. The highest BCUT2D eigenvalue weighted by Crippen LogP contribution is 2.31. The maximum Gasteiger partial charge on any atom is 0.337 e. The Hall–Kier alpha value is -6.48. The number of carbonyl (C=O) groups is 2. The van der Waals surface area contributed by atoms with Crippen molar-refractivity contribution in [1.82, 2.24) is 9.97 Å². The van der Waals surface area contributed by atoms with Gasteiger partial charge in [-0.15, -0.1) is 0 Å². The molecule has 0 aliphatic carbocycles. The first-order chi connectivity index (χ1) is 24.9. The molecular formula is C43H42N4O5. The van der Waals surface area contributed by atoms with Crippen LogP contribution in [0.2, 0.25) is 0 Å². The van der Waals surface area contributed by atoms with Crippen LogP contribution in [0.3, 0.4) is 0 Å². The van der Waals surface area contributed by atoms with Gasteiger partial charge < -0.3 is 25.6 Å². The van der Waals surface area contributed by atoms with E-state index in [1.54, 1.807) is 36.7 Å². The summed E-state index contributed by atoms with van der Waals surface area (Å²) in [4.78, 5) is 32.1. The molecule has 0 bridgehead atoms. The second kappa shape index (κ2) is 16.5. The van der Waals surface area contributed by atoms with E-state index in [4.69, 9.17) is 4.74 Å². The lowest BCUT2D eigenvalue weighted by molar-refractivity contribution is 0.0687. The Bertz CT molecular complexity index is 2220. The Balaban J connectivity index is 0.000000203. The van der Waals surface area contributed by atoms with Crippen LogP contribution >= 0.6 is 0 Å². The van der Waals surface area contributed by atoms with Crippen LogP contribution in [-0.2, 0) is 0 Å². The summed E-state index contributed by atoms with van der Waals surface area (Å²) in [6.45, 7) is 11.7. The zero-order valence-electron chi connectivity index (χ0n) is 30.1. The van der Waals surface area contributed by atoms with Crippen LogP contribution < -0.4 is 15.4 Å². The Morgan fingerprint density at radius 2 is 1.04 bits per heavy atom. The summed E-state index contributed by atoms with van der Waals surface area (Å²) in [5, 5.41) is 25.2. The molecule has 0 unspecified atom stereocenters. The highest BCUT2D eigenvalue weighted by atomic mass is 16.5. The highest BCUT2D eigenvalue weighted by molar-refractivity contribution is 5.97. The number of aromatic nitrogens is 2. The van der Waals surface area contributed by atoms with Crippen molar-refractivity contribution in [2.75, 3.05) is 10.6 Å². The van der Waals surface area contributed by atoms with Crippen molar-refractivity contribution in [3.8, 4) is 28.3 Å². The van der Waals surface area contributed by atoms with E-state index in [-0.39, 0.29) is 17.2 Å². The fourth-order valence-electron chi connectivity index (χ4n) is 5.79. The Morgan fingerprint density at radius 3 is 1.50 bits per heavy atom. The molecule has 0 aliphatic heterocycles. The minimum atomic E-state index is -0.963. The fraction of sp³-hybridized carbons (Fsp3) is 0.163. The van der Waals surface area contributed by atoms with Crippen LogP contribution in [0.4, 0.5) is 22.7 Å². The van der Waals surface area contributed by atoms with Crippen molar-refractivity contribution in [1.29, 1.82) is 0 Å². The summed E-state index contributed by atoms with van der Waals surface area (Å²) in [5.41, 5.74) is 10.7. The number of rotatable bonds is 10. The molecule has 0 saturated carbocycles. The number of carboxylic acid groups (broad SMARTS) is 2. The smallest absolute Gasteiger partial charge is 0.337 e. The van der Waals surface area contributed by atoms with Crippen LogP contribution in [0.1, 0.15) is 56.8 Å². The molecule has 9 heteroatoms. The molecule has 0 atom stereocenters. The Morgan fingerprint density at radius 1 is 0.577 bits per heavy atom. The standard InChI is InChI=1S/C23H24N2O3.C20H18N2O2/c1-14(2)28-19-9-6-8-17(12-19)21-16(4)11-18(13-24-21)25-22-15(3)7-5-10-20(22)23(26)27;1-13-7-6-10-17(20(23)24)19(13)22-16-11-14(2)18(21-12-16)15-8-4-3-5-9-15/h5-14,25H,1-4H3,(H,26,27);3-12,22H,1-2H3,(H,23,24). The fourth-order valence-corrected chi connectivity index (χ4v) is 5.79. The first-order valence-corrected chi connectivity index (χ1v) is 16.9. The van der Waals surface area contributed by atoms with Gasteiger partial charge in [-0.05, 0) is 100 Å². The molecule has 0 fully saturated rings. The van der Waals surface area contributed by atoms with Gasteiger partial charge in [0.15, 0.2) is 0 Å². The van der Waals surface area contributed by atoms with Crippen molar-refractivity contribution >= 4 is 34.7 Å². The summed E-state index contributed by atoms with van der Waals surface area (Å²) in [7, 11) is 0. The molecule has 0 aliphatic rings. The number of para-hydroxylation sites is 2. The number of aryl methyl sites for hydroxylation is 4. The third-order valence-electron chi connectivity index (χ3n) is 8.23. The lowest BCUT2D eigenvalue weighted by Crippen LogP contribution is -2.05.